The Morgan fingerprint density at radius 2 is 1.43 bits per heavy atom. The number of hydrogen-bond acceptors (Lipinski definition) is 8. The number of aliphatic hydroxyl groups excluding tert-OH is 1. The molecule has 30 heavy (non-hydrogen) atoms. The Labute approximate surface area is 179 Å². The maximum absolute atomic E-state index is 12.4. The standard InChI is InChI=1S/C17H30N4O8S/c1-7(2)4-10(17(28)29)19-16(27)13(8(3)22)21-15(26)11(6-30)20-14(25)9(18)5-12(23)24/h7-11,13,22,30H,4-6,18H2,1-3H3,(H,19,27)(H,20,25)(H,21,26)(H,23,24)(H,28,29). The summed E-state index contributed by atoms with van der Waals surface area (Å²) in [5.41, 5.74) is 5.43. The number of nitrogens with one attached hydrogen (secondary N) is 3. The van der Waals surface area contributed by atoms with Crippen LogP contribution in [0.4, 0.5) is 0 Å². The second kappa shape index (κ2) is 13.0. The van der Waals surface area contributed by atoms with Crippen molar-refractivity contribution < 1.29 is 39.3 Å². The first-order valence-electron chi connectivity index (χ1n) is 9.20. The Bertz CT molecular complexity index is 643. The van der Waals surface area contributed by atoms with Crippen molar-refractivity contribution in [2.24, 2.45) is 11.7 Å². The molecule has 0 fully saturated rings. The highest BCUT2D eigenvalue weighted by atomic mass is 32.1. The molecule has 0 radical (unpaired) electrons. The lowest BCUT2D eigenvalue weighted by molar-refractivity contribution is -0.143. The number of carboxylic acid groups (broad SMARTS) is 2. The van der Waals surface area contributed by atoms with Crippen LogP contribution in [0, 0.1) is 5.92 Å². The molecule has 12 nitrogen and oxygen atoms in total. The van der Waals surface area contributed by atoms with E-state index in [1.165, 1.54) is 6.92 Å². The SMILES string of the molecule is CC(C)CC(NC(=O)C(NC(=O)C(CS)NC(=O)C(N)CC(=O)O)C(C)O)C(=O)O. The van der Waals surface area contributed by atoms with E-state index in [9.17, 15) is 34.2 Å². The number of aliphatic hydroxyl groups is 1. The second-order valence-electron chi connectivity index (χ2n) is 7.20. The highest BCUT2D eigenvalue weighted by molar-refractivity contribution is 7.80. The zero-order chi connectivity index (χ0) is 23.6. The van der Waals surface area contributed by atoms with E-state index in [4.69, 9.17) is 10.8 Å². The van der Waals surface area contributed by atoms with Gasteiger partial charge in [-0.05, 0) is 19.3 Å². The zero-order valence-corrected chi connectivity index (χ0v) is 17.9. The number of aliphatic carboxylic acids is 2. The van der Waals surface area contributed by atoms with E-state index in [-0.39, 0.29) is 18.1 Å². The fourth-order valence-corrected chi connectivity index (χ4v) is 2.62. The van der Waals surface area contributed by atoms with Gasteiger partial charge in [-0.15, -0.1) is 0 Å². The minimum atomic E-state index is -1.50. The zero-order valence-electron chi connectivity index (χ0n) is 17.0. The molecule has 5 atom stereocenters. The first-order valence-corrected chi connectivity index (χ1v) is 9.83. The predicted octanol–water partition coefficient (Wildman–Crippen LogP) is -2.32. The van der Waals surface area contributed by atoms with Gasteiger partial charge in [-0.1, -0.05) is 13.8 Å². The van der Waals surface area contributed by atoms with E-state index in [2.05, 4.69) is 28.6 Å². The lowest BCUT2D eigenvalue weighted by Crippen LogP contribution is -2.60. The average Bonchev–Trinajstić information content (AvgIpc) is 2.61. The lowest BCUT2D eigenvalue weighted by atomic mass is 10.0. The van der Waals surface area contributed by atoms with Gasteiger partial charge in [-0.2, -0.15) is 12.6 Å². The Morgan fingerprint density at radius 1 is 0.900 bits per heavy atom. The normalized spacial score (nSPS) is 16.0. The van der Waals surface area contributed by atoms with Gasteiger partial charge in [0.15, 0.2) is 0 Å². The van der Waals surface area contributed by atoms with Gasteiger partial charge < -0.3 is 37.0 Å². The highest BCUT2D eigenvalue weighted by Gasteiger charge is 2.32. The quantitative estimate of drug-likeness (QED) is 0.141. The molecule has 0 rings (SSSR count). The van der Waals surface area contributed by atoms with Crippen molar-refractivity contribution >= 4 is 42.3 Å². The maximum atomic E-state index is 12.4. The number of nitrogens with two attached hydrogens (primary N) is 1. The Kier molecular flexibility index (Phi) is 12.0. The molecule has 0 aromatic carbocycles. The van der Waals surface area contributed by atoms with Crippen LogP contribution in [-0.4, -0.2) is 81.0 Å². The van der Waals surface area contributed by atoms with Crippen LogP contribution in [0.15, 0.2) is 0 Å². The molecule has 8 N–H and O–H groups in total. The number of rotatable bonds is 13. The summed E-state index contributed by atoms with van der Waals surface area (Å²) in [6.07, 6.45) is -1.90. The monoisotopic (exact) mass is 450 g/mol. The Hall–Kier alpha value is -2.38. The van der Waals surface area contributed by atoms with Crippen molar-refractivity contribution in [2.75, 3.05) is 5.75 Å². The summed E-state index contributed by atoms with van der Waals surface area (Å²) in [6, 6.07) is -5.40. The number of carbonyl (C=O) groups excluding carboxylic acids is 3. The van der Waals surface area contributed by atoms with Crippen LogP contribution < -0.4 is 21.7 Å². The minimum Gasteiger partial charge on any atom is -0.481 e. The third kappa shape index (κ3) is 9.89. The van der Waals surface area contributed by atoms with Crippen LogP contribution in [0.2, 0.25) is 0 Å². The molecule has 0 spiro atoms. The predicted molar refractivity (Wildman–Crippen MR) is 109 cm³/mol. The topological polar surface area (TPSA) is 208 Å². The number of thiol groups is 1. The second-order valence-corrected chi connectivity index (χ2v) is 7.57. The number of amides is 3. The van der Waals surface area contributed by atoms with E-state index in [0.717, 1.165) is 0 Å². The van der Waals surface area contributed by atoms with Gasteiger partial charge in [0.1, 0.15) is 18.1 Å². The van der Waals surface area contributed by atoms with Gasteiger partial charge >= 0.3 is 11.9 Å². The highest BCUT2D eigenvalue weighted by Crippen LogP contribution is 2.06. The van der Waals surface area contributed by atoms with E-state index < -0.39 is 66.4 Å². The molecular formula is C17H30N4O8S. The number of carbonyl (C=O) groups is 5. The Balaban J connectivity index is 5.19. The summed E-state index contributed by atoms with van der Waals surface area (Å²) in [6.45, 7) is 4.76. The van der Waals surface area contributed by atoms with E-state index in [1.54, 1.807) is 13.8 Å². The van der Waals surface area contributed by atoms with Crippen LogP contribution in [0.5, 0.6) is 0 Å². The molecule has 3 amide bonds. The van der Waals surface area contributed by atoms with Gasteiger partial charge in [-0.25, -0.2) is 4.79 Å². The van der Waals surface area contributed by atoms with Crippen LogP contribution in [-0.2, 0) is 24.0 Å². The fraction of sp³-hybridized carbons (Fsp3) is 0.706. The van der Waals surface area contributed by atoms with E-state index in [0.29, 0.717) is 0 Å². The summed E-state index contributed by atoms with van der Waals surface area (Å²) in [4.78, 5) is 58.8. The smallest absolute Gasteiger partial charge is 0.326 e. The molecule has 0 saturated heterocycles. The van der Waals surface area contributed by atoms with Gasteiger partial charge in [0, 0.05) is 5.75 Å². The summed E-state index contributed by atoms with van der Waals surface area (Å²) in [7, 11) is 0. The molecule has 0 heterocycles. The Morgan fingerprint density at radius 3 is 1.83 bits per heavy atom. The molecular weight excluding hydrogens is 420 g/mol. The molecule has 0 aromatic rings. The van der Waals surface area contributed by atoms with Gasteiger partial charge in [-0.3, -0.25) is 19.2 Å². The van der Waals surface area contributed by atoms with Gasteiger partial charge in [0.05, 0.1) is 18.6 Å². The van der Waals surface area contributed by atoms with Crippen LogP contribution in [0.1, 0.15) is 33.6 Å². The van der Waals surface area contributed by atoms with Crippen molar-refractivity contribution in [2.45, 2.75) is 63.9 Å². The van der Waals surface area contributed by atoms with Crippen molar-refractivity contribution in [1.82, 2.24) is 16.0 Å². The van der Waals surface area contributed by atoms with Gasteiger partial charge in [0.25, 0.3) is 0 Å². The largest absolute Gasteiger partial charge is 0.481 e. The van der Waals surface area contributed by atoms with Crippen LogP contribution >= 0.6 is 12.6 Å². The summed E-state index contributed by atoms with van der Waals surface area (Å²) in [5.74, 6) is -5.53. The van der Waals surface area contributed by atoms with Crippen molar-refractivity contribution in [3.8, 4) is 0 Å². The minimum absolute atomic E-state index is 0.0372. The van der Waals surface area contributed by atoms with Crippen LogP contribution in [0.3, 0.4) is 0 Å². The van der Waals surface area contributed by atoms with E-state index >= 15 is 0 Å². The lowest BCUT2D eigenvalue weighted by Gasteiger charge is -2.26. The molecule has 0 saturated carbocycles. The van der Waals surface area contributed by atoms with Crippen molar-refractivity contribution in [3.05, 3.63) is 0 Å². The first-order chi connectivity index (χ1) is 13.8. The maximum Gasteiger partial charge on any atom is 0.326 e. The van der Waals surface area contributed by atoms with Gasteiger partial charge in [0.2, 0.25) is 17.7 Å². The molecule has 0 aliphatic carbocycles. The molecule has 0 aromatic heterocycles. The summed E-state index contributed by atoms with van der Waals surface area (Å²) < 4.78 is 0. The molecule has 13 heteroatoms. The number of hydrogen-bond donors (Lipinski definition) is 8. The first kappa shape index (κ1) is 27.6. The molecule has 172 valence electrons. The average molecular weight is 451 g/mol. The third-order valence-corrected chi connectivity index (χ3v) is 4.30. The third-order valence-electron chi connectivity index (χ3n) is 3.93. The van der Waals surface area contributed by atoms with Crippen molar-refractivity contribution in [1.29, 1.82) is 0 Å². The molecule has 0 bridgehead atoms. The molecule has 5 unspecified atom stereocenters. The summed E-state index contributed by atoms with van der Waals surface area (Å²) in [5, 5.41) is 34.5. The molecule has 0 aliphatic heterocycles. The van der Waals surface area contributed by atoms with Crippen molar-refractivity contribution in [3.63, 3.8) is 0 Å². The summed E-state index contributed by atoms with van der Waals surface area (Å²) >= 11 is 3.94. The molecule has 0 aliphatic rings. The van der Waals surface area contributed by atoms with E-state index in [1.807, 2.05) is 0 Å². The fourth-order valence-electron chi connectivity index (χ4n) is 2.37. The number of carboxylic acids is 2. The van der Waals surface area contributed by atoms with Crippen LogP contribution in [0.25, 0.3) is 0 Å².